The van der Waals surface area contributed by atoms with Gasteiger partial charge in [0.05, 0.1) is 5.01 Å². The number of hydrogen-bond acceptors (Lipinski definition) is 2. The molecule has 0 aromatic carbocycles. The van der Waals surface area contributed by atoms with Gasteiger partial charge in [0.25, 0.3) is 0 Å². The van der Waals surface area contributed by atoms with Crippen molar-refractivity contribution in [2.24, 2.45) is 0 Å². The Labute approximate surface area is 71.2 Å². The Hall–Kier alpha value is -0.580. The zero-order valence-corrected chi connectivity index (χ0v) is 6.87. The minimum atomic E-state index is -4.27. The van der Waals surface area contributed by atoms with Crippen molar-refractivity contribution in [3.8, 4) is 0 Å². The van der Waals surface area contributed by atoms with Gasteiger partial charge in [-0.25, -0.2) is 4.98 Å². The number of thiazole rings is 1. The summed E-state index contributed by atoms with van der Waals surface area (Å²) in [6.45, 7) is 0. The van der Waals surface area contributed by atoms with Crippen molar-refractivity contribution in [2.45, 2.75) is 24.9 Å². The Morgan fingerprint density at radius 1 is 1.42 bits per heavy atom. The molecule has 0 radical (unpaired) electrons. The van der Waals surface area contributed by atoms with Crippen LogP contribution in [-0.4, -0.2) is 4.98 Å². The van der Waals surface area contributed by atoms with Crippen molar-refractivity contribution >= 4 is 11.3 Å². The summed E-state index contributed by atoms with van der Waals surface area (Å²) in [4.78, 5) is 3.54. The first-order valence-corrected chi connectivity index (χ1v) is 4.48. The third-order valence-corrected chi connectivity index (χ3v) is 2.75. The van der Waals surface area contributed by atoms with E-state index in [-0.39, 0.29) is 0 Å². The lowest BCUT2D eigenvalue weighted by molar-refractivity contribution is -0.140. The van der Waals surface area contributed by atoms with Crippen LogP contribution >= 0.6 is 11.3 Å². The fourth-order valence-corrected chi connectivity index (χ4v) is 1.93. The van der Waals surface area contributed by atoms with Gasteiger partial charge in [-0.05, 0) is 12.8 Å². The molecule has 0 saturated heterocycles. The van der Waals surface area contributed by atoms with Crippen LogP contribution in [0, 0.1) is 0 Å². The van der Waals surface area contributed by atoms with E-state index < -0.39 is 11.9 Å². The Morgan fingerprint density at radius 2 is 2.08 bits per heavy atom. The van der Waals surface area contributed by atoms with Gasteiger partial charge in [0.15, 0.2) is 5.69 Å². The molecule has 0 atom stereocenters. The quantitative estimate of drug-likeness (QED) is 0.668. The van der Waals surface area contributed by atoms with Crippen LogP contribution < -0.4 is 0 Å². The minimum Gasteiger partial charge on any atom is -0.236 e. The average Bonchev–Trinajstić information content (AvgIpc) is 2.66. The molecule has 0 amide bonds. The number of aromatic nitrogens is 1. The van der Waals surface area contributed by atoms with Crippen LogP contribution in [0.15, 0.2) is 5.38 Å². The van der Waals surface area contributed by atoms with E-state index in [0.717, 1.165) is 29.6 Å². The molecule has 5 heteroatoms. The lowest BCUT2D eigenvalue weighted by atomic mass is 10.4. The first kappa shape index (κ1) is 8.04. The van der Waals surface area contributed by atoms with E-state index in [1.165, 1.54) is 0 Å². The second kappa shape index (κ2) is 2.45. The fraction of sp³-hybridized carbons (Fsp3) is 0.571. The fourth-order valence-electron chi connectivity index (χ4n) is 0.936. The molecule has 1 saturated carbocycles. The van der Waals surface area contributed by atoms with Crippen LogP contribution in [0.3, 0.4) is 0 Å². The van der Waals surface area contributed by atoms with E-state index in [1.54, 1.807) is 0 Å². The standard InChI is InChI=1S/C7H6F3NS/c8-7(9,10)5-3-12-6(11-5)4-1-2-4/h3-4H,1-2H2. The maximum atomic E-state index is 12.0. The largest absolute Gasteiger partial charge is 0.434 e. The molecule has 2 rings (SSSR count). The zero-order valence-electron chi connectivity index (χ0n) is 6.06. The van der Waals surface area contributed by atoms with Crippen molar-refractivity contribution in [2.75, 3.05) is 0 Å². The Morgan fingerprint density at radius 3 is 2.50 bits per heavy atom. The van der Waals surface area contributed by atoms with Gasteiger partial charge in [-0.1, -0.05) is 0 Å². The summed E-state index contributed by atoms with van der Waals surface area (Å²) in [5.74, 6) is 0.311. The van der Waals surface area contributed by atoms with E-state index in [9.17, 15) is 13.2 Å². The molecule has 66 valence electrons. The maximum Gasteiger partial charge on any atom is 0.434 e. The molecule has 12 heavy (non-hydrogen) atoms. The number of halogens is 3. The van der Waals surface area contributed by atoms with Gasteiger partial charge < -0.3 is 0 Å². The minimum absolute atomic E-state index is 0.311. The molecule has 1 fully saturated rings. The highest BCUT2D eigenvalue weighted by atomic mass is 32.1. The number of alkyl halides is 3. The van der Waals surface area contributed by atoms with Crippen LogP contribution in [0.2, 0.25) is 0 Å². The Balaban J connectivity index is 2.23. The molecule has 0 aliphatic heterocycles. The van der Waals surface area contributed by atoms with Gasteiger partial charge in [-0.2, -0.15) is 13.2 Å². The van der Waals surface area contributed by atoms with Crippen LogP contribution in [-0.2, 0) is 6.18 Å². The first-order valence-electron chi connectivity index (χ1n) is 3.60. The number of nitrogens with zero attached hydrogens (tertiary/aromatic N) is 1. The molecular weight excluding hydrogens is 187 g/mol. The van der Waals surface area contributed by atoms with Gasteiger partial charge in [-0.15, -0.1) is 11.3 Å². The molecule has 0 unspecified atom stereocenters. The van der Waals surface area contributed by atoms with Crippen LogP contribution in [0.25, 0.3) is 0 Å². The zero-order chi connectivity index (χ0) is 8.77. The third kappa shape index (κ3) is 1.46. The lowest BCUT2D eigenvalue weighted by Gasteiger charge is -1.99. The Kier molecular flexibility index (Phi) is 1.64. The van der Waals surface area contributed by atoms with Crippen molar-refractivity contribution in [3.05, 3.63) is 16.1 Å². The number of hydrogen-bond donors (Lipinski definition) is 0. The summed E-state index contributed by atoms with van der Waals surface area (Å²) in [5, 5.41) is 1.73. The molecule has 1 aromatic heterocycles. The molecule has 0 spiro atoms. The van der Waals surface area contributed by atoms with Crippen LogP contribution in [0.1, 0.15) is 29.5 Å². The predicted molar refractivity (Wildman–Crippen MR) is 39.1 cm³/mol. The molecule has 1 nitrogen and oxygen atoms in total. The van der Waals surface area contributed by atoms with Crippen LogP contribution in [0.5, 0.6) is 0 Å². The molecular formula is C7H6F3NS. The molecule has 0 bridgehead atoms. The SMILES string of the molecule is FC(F)(F)c1csc(C2CC2)n1. The van der Waals surface area contributed by atoms with E-state index >= 15 is 0 Å². The smallest absolute Gasteiger partial charge is 0.236 e. The van der Waals surface area contributed by atoms with E-state index in [1.807, 2.05) is 0 Å². The van der Waals surface area contributed by atoms with Gasteiger partial charge in [0.1, 0.15) is 0 Å². The molecule has 1 aromatic rings. The first-order chi connectivity index (χ1) is 5.57. The average molecular weight is 193 g/mol. The van der Waals surface area contributed by atoms with Gasteiger partial charge in [0, 0.05) is 11.3 Å². The van der Waals surface area contributed by atoms with Crippen LogP contribution in [0.4, 0.5) is 13.2 Å². The second-order valence-electron chi connectivity index (χ2n) is 2.84. The highest BCUT2D eigenvalue weighted by Crippen LogP contribution is 2.43. The number of rotatable bonds is 1. The summed E-state index contributed by atoms with van der Waals surface area (Å²) in [7, 11) is 0. The van der Waals surface area contributed by atoms with Gasteiger partial charge in [0.2, 0.25) is 0 Å². The summed E-state index contributed by atoms with van der Waals surface area (Å²) in [6, 6.07) is 0. The normalized spacial score (nSPS) is 18.2. The maximum absolute atomic E-state index is 12.0. The van der Waals surface area contributed by atoms with Crippen molar-refractivity contribution in [1.82, 2.24) is 4.98 Å². The predicted octanol–water partition coefficient (Wildman–Crippen LogP) is 3.04. The van der Waals surface area contributed by atoms with E-state index in [2.05, 4.69) is 4.98 Å². The summed E-state index contributed by atoms with van der Waals surface area (Å²) >= 11 is 1.12. The Bertz CT molecular complexity index is 287. The van der Waals surface area contributed by atoms with E-state index in [0.29, 0.717) is 10.9 Å². The highest BCUT2D eigenvalue weighted by molar-refractivity contribution is 7.09. The lowest BCUT2D eigenvalue weighted by Crippen LogP contribution is -2.05. The van der Waals surface area contributed by atoms with E-state index in [4.69, 9.17) is 0 Å². The highest BCUT2D eigenvalue weighted by Gasteiger charge is 2.36. The third-order valence-electron chi connectivity index (χ3n) is 1.74. The summed E-state index contributed by atoms with van der Waals surface area (Å²) in [6.07, 6.45) is -2.29. The van der Waals surface area contributed by atoms with Gasteiger partial charge in [-0.3, -0.25) is 0 Å². The monoisotopic (exact) mass is 193 g/mol. The molecule has 0 N–H and O–H groups in total. The van der Waals surface area contributed by atoms with Crippen molar-refractivity contribution in [1.29, 1.82) is 0 Å². The van der Waals surface area contributed by atoms with Gasteiger partial charge >= 0.3 is 6.18 Å². The topological polar surface area (TPSA) is 12.9 Å². The molecule has 1 aliphatic rings. The molecule has 1 heterocycles. The summed E-state index contributed by atoms with van der Waals surface area (Å²) < 4.78 is 36.1. The summed E-state index contributed by atoms with van der Waals surface area (Å²) in [5.41, 5.74) is -0.741. The second-order valence-corrected chi connectivity index (χ2v) is 3.73. The van der Waals surface area contributed by atoms with Crippen molar-refractivity contribution < 1.29 is 13.2 Å². The molecule has 1 aliphatic carbocycles. The van der Waals surface area contributed by atoms with Crippen molar-refractivity contribution in [3.63, 3.8) is 0 Å².